The zero-order valence-corrected chi connectivity index (χ0v) is 11.1. The minimum atomic E-state index is 0.0572. The molecule has 2 nitrogen and oxygen atoms in total. The van der Waals surface area contributed by atoms with Crippen LogP contribution in [0.25, 0.3) is 0 Å². The smallest absolute Gasteiger partial charge is 0.234 e. The molecule has 1 rings (SSSR count). The summed E-state index contributed by atoms with van der Waals surface area (Å²) in [6, 6.07) is 5.98. The topological polar surface area (TPSA) is 29.1 Å². The van der Waals surface area contributed by atoms with Crippen LogP contribution in [0.3, 0.4) is 0 Å². The standard InChI is InChI=1S/C10H12INOS/c1-7-5-8(11)3-4-9(7)12-10(13)6-14-2/h3-5H,6H2,1-2H3,(H,12,13). The van der Waals surface area contributed by atoms with Crippen LogP contribution in [0.4, 0.5) is 5.69 Å². The van der Waals surface area contributed by atoms with Crippen LogP contribution >= 0.6 is 34.4 Å². The van der Waals surface area contributed by atoms with Crippen molar-refractivity contribution in [2.75, 3.05) is 17.3 Å². The highest BCUT2D eigenvalue weighted by molar-refractivity contribution is 14.1. The van der Waals surface area contributed by atoms with Crippen LogP contribution in [0.2, 0.25) is 0 Å². The van der Waals surface area contributed by atoms with Crippen molar-refractivity contribution < 1.29 is 4.79 Å². The summed E-state index contributed by atoms with van der Waals surface area (Å²) in [4.78, 5) is 11.3. The molecule has 0 aliphatic carbocycles. The van der Waals surface area contributed by atoms with E-state index in [2.05, 4.69) is 34.0 Å². The molecule has 76 valence electrons. The van der Waals surface area contributed by atoms with Gasteiger partial charge < -0.3 is 5.32 Å². The number of hydrogen-bond acceptors (Lipinski definition) is 2. The van der Waals surface area contributed by atoms with E-state index in [0.717, 1.165) is 11.3 Å². The van der Waals surface area contributed by atoms with Crippen LogP contribution in [-0.2, 0) is 4.79 Å². The summed E-state index contributed by atoms with van der Waals surface area (Å²) in [6.45, 7) is 2.00. The highest BCUT2D eigenvalue weighted by Crippen LogP contribution is 2.17. The molecule has 0 unspecified atom stereocenters. The predicted octanol–water partition coefficient (Wildman–Crippen LogP) is 2.90. The van der Waals surface area contributed by atoms with E-state index in [1.165, 1.54) is 15.3 Å². The molecule has 0 radical (unpaired) electrons. The highest BCUT2D eigenvalue weighted by atomic mass is 127. The summed E-state index contributed by atoms with van der Waals surface area (Å²) in [5, 5.41) is 2.88. The Morgan fingerprint density at radius 3 is 2.86 bits per heavy atom. The van der Waals surface area contributed by atoms with E-state index in [-0.39, 0.29) is 5.91 Å². The Hall–Kier alpha value is -0.230. The van der Waals surface area contributed by atoms with Crippen LogP contribution in [-0.4, -0.2) is 17.9 Å². The molecule has 1 amide bonds. The number of amides is 1. The fourth-order valence-corrected chi connectivity index (χ4v) is 2.07. The molecule has 0 aliphatic heterocycles. The Balaban J connectivity index is 2.72. The largest absolute Gasteiger partial charge is 0.325 e. The monoisotopic (exact) mass is 321 g/mol. The lowest BCUT2D eigenvalue weighted by atomic mass is 10.2. The zero-order chi connectivity index (χ0) is 10.6. The molecule has 0 bridgehead atoms. The number of anilines is 1. The van der Waals surface area contributed by atoms with Crippen molar-refractivity contribution in [3.05, 3.63) is 27.3 Å². The molecule has 0 saturated carbocycles. The third kappa shape index (κ3) is 3.49. The number of carbonyl (C=O) groups excluding carboxylic acids is 1. The first kappa shape index (κ1) is 11.8. The summed E-state index contributed by atoms with van der Waals surface area (Å²) < 4.78 is 1.18. The van der Waals surface area contributed by atoms with Crippen LogP contribution in [0, 0.1) is 10.5 Å². The molecule has 0 saturated heterocycles. The molecule has 14 heavy (non-hydrogen) atoms. The van der Waals surface area contributed by atoms with E-state index < -0.39 is 0 Å². The number of benzene rings is 1. The van der Waals surface area contributed by atoms with Crippen LogP contribution in [0.15, 0.2) is 18.2 Å². The second-order valence-electron chi connectivity index (χ2n) is 2.94. The normalized spacial score (nSPS) is 9.93. The minimum absolute atomic E-state index is 0.0572. The summed E-state index contributed by atoms with van der Waals surface area (Å²) in [5.74, 6) is 0.563. The van der Waals surface area contributed by atoms with Gasteiger partial charge in [-0.15, -0.1) is 0 Å². The molecule has 0 aromatic heterocycles. The van der Waals surface area contributed by atoms with Gasteiger partial charge in [-0.1, -0.05) is 0 Å². The fourth-order valence-electron chi connectivity index (χ4n) is 1.08. The fraction of sp³-hybridized carbons (Fsp3) is 0.300. The number of carbonyl (C=O) groups is 1. The van der Waals surface area contributed by atoms with Gasteiger partial charge >= 0.3 is 0 Å². The number of halogens is 1. The van der Waals surface area contributed by atoms with Gasteiger partial charge in [0.05, 0.1) is 5.75 Å². The maximum Gasteiger partial charge on any atom is 0.234 e. The van der Waals surface area contributed by atoms with Gasteiger partial charge in [-0.2, -0.15) is 11.8 Å². The highest BCUT2D eigenvalue weighted by Gasteiger charge is 2.03. The lowest BCUT2D eigenvalue weighted by molar-refractivity contribution is -0.113. The number of thioether (sulfide) groups is 1. The van der Waals surface area contributed by atoms with Crippen molar-refractivity contribution in [3.63, 3.8) is 0 Å². The van der Waals surface area contributed by atoms with Crippen molar-refractivity contribution >= 4 is 45.9 Å². The Labute approximate surface area is 102 Å². The van der Waals surface area contributed by atoms with Crippen molar-refractivity contribution in [1.29, 1.82) is 0 Å². The Bertz CT molecular complexity index is 341. The number of hydrogen-bond donors (Lipinski definition) is 1. The lowest BCUT2D eigenvalue weighted by Gasteiger charge is -2.07. The molecule has 0 spiro atoms. The van der Waals surface area contributed by atoms with Crippen molar-refractivity contribution in [2.45, 2.75) is 6.92 Å². The van der Waals surface area contributed by atoms with E-state index in [4.69, 9.17) is 0 Å². The second-order valence-corrected chi connectivity index (χ2v) is 5.05. The number of aryl methyl sites for hydroxylation is 1. The van der Waals surface area contributed by atoms with E-state index >= 15 is 0 Å². The van der Waals surface area contributed by atoms with Gasteiger partial charge in [0.1, 0.15) is 0 Å². The third-order valence-electron chi connectivity index (χ3n) is 1.74. The molecule has 4 heteroatoms. The van der Waals surface area contributed by atoms with Crippen molar-refractivity contribution in [1.82, 2.24) is 0 Å². The molecule has 0 aliphatic rings. The van der Waals surface area contributed by atoms with Crippen LogP contribution in [0.5, 0.6) is 0 Å². The van der Waals surface area contributed by atoms with Gasteiger partial charge in [0, 0.05) is 9.26 Å². The molecular weight excluding hydrogens is 309 g/mol. The SMILES string of the molecule is CSCC(=O)Nc1ccc(I)cc1C. The van der Waals surface area contributed by atoms with Crippen molar-refractivity contribution in [3.8, 4) is 0 Å². The summed E-state index contributed by atoms with van der Waals surface area (Å²) in [5.41, 5.74) is 2.01. The molecule has 0 atom stereocenters. The van der Waals surface area contributed by atoms with E-state index in [0.29, 0.717) is 5.75 Å². The van der Waals surface area contributed by atoms with Gasteiger partial charge in [0.15, 0.2) is 0 Å². The van der Waals surface area contributed by atoms with Crippen LogP contribution in [0.1, 0.15) is 5.56 Å². The summed E-state index contributed by atoms with van der Waals surface area (Å²) >= 11 is 3.78. The van der Waals surface area contributed by atoms with Crippen molar-refractivity contribution in [2.24, 2.45) is 0 Å². The molecule has 0 fully saturated rings. The first-order valence-corrected chi connectivity index (χ1v) is 6.65. The molecular formula is C10H12INOS. The van der Waals surface area contributed by atoms with Gasteiger partial charge in [-0.25, -0.2) is 0 Å². The second kappa shape index (κ2) is 5.60. The van der Waals surface area contributed by atoms with Gasteiger partial charge in [0.25, 0.3) is 0 Å². The molecule has 1 aromatic rings. The van der Waals surface area contributed by atoms with Gasteiger partial charge in [-0.05, 0) is 59.5 Å². The summed E-state index contributed by atoms with van der Waals surface area (Å²) in [7, 11) is 0. The predicted molar refractivity (Wildman–Crippen MR) is 70.9 cm³/mol. The van der Waals surface area contributed by atoms with Crippen LogP contribution < -0.4 is 5.32 Å². The van der Waals surface area contributed by atoms with Gasteiger partial charge in [0.2, 0.25) is 5.91 Å². The Kier molecular flexibility index (Phi) is 4.74. The average molecular weight is 321 g/mol. The quantitative estimate of drug-likeness (QED) is 0.868. The molecule has 1 aromatic carbocycles. The Morgan fingerprint density at radius 1 is 1.57 bits per heavy atom. The van der Waals surface area contributed by atoms with E-state index in [9.17, 15) is 4.79 Å². The van der Waals surface area contributed by atoms with E-state index in [1.807, 2.05) is 25.3 Å². The first-order chi connectivity index (χ1) is 6.63. The number of nitrogens with one attached hydrogen (secondary N) is 1. The lowest BCUT2D eigenvalue weighted by Crippen LogP contribution is -2.14. The maximum absolute atomic E-state index is 11.3. The van der Waals surface area contributed by atoms with E-state index in [1.54, 1.807) is 0 Å². The molecule has 0 heterocycles. The number of rotatable bonds is 3. The Morgan fingerprint density at radius 2 is 2.29 bits per heavy atom. The third-order valence-corrected chi connectivity index (χ3v) is 2.96. The maximum atomic E-state index is 11.3. The summed E-state index contributed by atoms with van der Waals surface area (Å²) in [6.07, 6.45) is 1.92. The minimum Gasteiger partial charge on any atom is -0.325 e. The zero-order valence-electron chi connectivity index (χ0n) is 8.13. The van der Waals surface area contributed by atoms with Gasteiger partial charge in [-0.3, -0.25) is 4.79 Å². The average Bonchev–Trinajstić information content (AvgIpc) is 2.10. The molecule has 1 N–H and O–H groups in total. The first-order valence-electron chi connectivity index (χ1n) is 4.18.